The van der Waals surface area contributed by atoms with Gasteiger partial charge < -0.3 is 4.74 Å². The van der Waals surface area contributed by atoms with Crippen LogP contribution in [0.2, 0.25) is 0 Å². The maximum atomic E-state index is 14.4. The third kappa shape index (κ3) is 3.44. The SMILES string of the molecule is COC(=O)[C@]12CCC(C)(C)CC1C1C(=O)C=C3[C@@]4(C)C=C(C(=O)NO)C(=O)C(C)(C)[C@@H]4CC[C@@]3(C)[C@]1(C)CC2. The molecular formula is C32H45NO6. The van der Waals surface area contributed by atoms with Crippen molar-refractivity contribution in [2.75, 3.05) is 7.11 Å². The van der Waals surface area contributed by atoms with Crippen LogP contribution in [0.25, 0.3) is 0 Å². The van der Waals surface area contributed by atoms with Crippen LogP contribution in [0, 0.1) is 50.2 Å². The summed E-state index contributed by atoms with van der Waals surface area (Å²) in [7, 11) is 1.46. The van der Waals surface area contributed by atoms with Gasteiger partial charge in [0.1, 0.15) is 0 Å². The first-order valence-corrected chi connectivity index (χ1v) is 14.5. The third-order valence-electron chi connectivity index (χ3n) is 12.7. The number of Topliss-reactive ketones (excluding diaryl/α,β-unsaturated/α-hetero) is 1. The molecular weight excluding hydrogens is 494 g/mol. The molecule has 0 heterocycles. The Balaban J connectivity index is 1.71. The normalized spacial score (nSPS) is 44.0. The predicted molar refractivity (Wildman–Crippen MR) is 145 cm³/mol. The monoisotopic (exact) mass is 539 g/mol. The van der Waals surface area contributed by atoms with Gasteiger partial charge in [0.2, 0.25) is 0 Å². The van der Waals surface area contributed by atoms with Gasteiger partial charge in [0.25, 0.3) is 5.91 Å². The second-order valence-corrected chi connectivity index (χ2v) is 15.2. The molecule has 0 bridgehead atoms. The summed E-state index contributed by atoms with van der Waals surface area (Å²) in [6, 6.07) is 0. The zero-order valence-corrected chi connectivity index (χ0v) is 24.8. The Morgan fingerprint density at radius 1 is 0.974 bits per heavy atom. The number of hydrogen-bond acceptors (Lipinski definition) is 6. The van der Waals surface area contributed by atoms with Crippen molar-refractivity contribution in [1.29, 1.82) is 0 Å². The van der Waals surface area contributed by atoms with Crippen LogP contribution in [-0.2, 0) is 23.9 Å². The molecule has 0 aliphatic heterocycles. The van der Waals surface area contributed by atoms with Crippen LogP contribution in [0.3, 0.4) is 0 Å². The van der Waals surface area contributed by atoms with E-state index in [0.29, 0.717) is 6.42 Å². The Labute approximate surface area is 232 Å². The molecule has 0 radical (unpaired) electrons. The number of fused-ring (bicyclic) bond motifs is 7. The molecule has 3 fully saturated rings. The van der Waals surface area contributed by atoms with Crippen molar-refractivity contribution in [3.63, 3.8) is 0 Å². The van der Waals surface area contributed by atoms with Crippen LogP contribution >= 0.6 is 0 Å². The Morgan fingerprint density at radius 2 is 1.62 bits per heavy atom. The van der Waals surface area contributed by atoms with Crippen LogP contribution in [-0.4, -0.2) is 35.8 Å². The number of methoxy groups -OCH3 is 1. The van der Waals surface area contributed by atoms with Crippen molar-refractivity contribution in [3.8, 4) is 0 Å². The molecule has 0 spiro atoms. The van der Waals surface area contributed by atoms with E-state index in [-0.39, 0.29) is 51.7 Å². The molecule has 2 unspecified atom stereocenters. The number of carbonyl (C=O) groups is 4. The lowest BCUT2D eigenvalue weighted by atomic mass is 9.34. The smallest absolute Gasteiger partial charge is 0.312 e. The summed E-state index contributed by atoms with van der Waals surface area (Å²) in [6.45, 7) is 14.8. The molecule has 39 heavy (non-hydrogen) atoms. The second-order valence-electron chi connectivity index (χ2n) is 15.2. The molecule has 7 atom stereocenters. The van der Waals surface area contributed by atoms with E-state index >= 15 is 0 Å². The summed E-state index contributed by atoms with van der Waals surface area (Å²) in [5.74, 6) is -1.71. The van der Waals surface area contributed by atoms with Gasteiger partial charge in [0.05, 0.1) is 18.1 Å². The first-order valence-electron chi connectivity index (χ1n) is 14.5. The number of ether oxygens (including phenoxy) is 1. The van der Waals surface area contributed by atoms with E-state index in [1.54, 1.807) is 11.6 Å². The Morgan fingerprint density at radius 3 is 2.23 bits per heavy atom. The zero-order chi connectivity index (χ0) is 29.0. The van der Waals surface area contributed by atoms with Gasteiger partial charge in [0.15, 0.2) is 11.6 Å². The molecule has 0 saturated heterocycles. The van der Waals surface area contributed by atoms with Crippen LogP contribution in [0.5, 0.6) is 0 Å². The van der Waals surface area contributed by atoms with Crippen LogP contribution in [0.1, 0.15) is 93.4 Å². The number of rotatable bonds is 2. The molecule has 5 aliphatic carbocycles. The van der Waals surface area contributed by atoms with Gasteiger partial charge in [-0.3, -0.25) is 24.4 Å². The van der Waals surface area contributed by atoms with Gasteiger partial charge in [-0.2, -0.15) is 0 Å². The van der Waals surface area contributed by atoms with Crippen molar-refractivity contribution in [3.05, 3.63) is 23.3 Å². The fourth-order valence-electron chi connectivity index (χ4n) is 10.3. The minimum absolute atomic E-state index is 0.0261. The highest BCUT2D eigenvalue weighted by Gasteiger charge is 2.71. The summed E-state index contributed by atoms with van der Waals surface area (Å²) in [5, 5.41) is 9.42. The number of hydrogen-bond donors (Lipinski definition) is 2. The number of ketones is 2. The van der Waals surface area contributed by atoms with Crippen LogP contribution in [0.4, 0.5) is 0 Å². The molecule has 7 nitrogen and oxygen atoms in total. The van der Waals surface area contributed by atoms with Gasteiger partial charge in [0, 0.05) is 16.7 Å². The van der Waals surface area contributed by atoms with E-state index in [4.69, 9.17) is 4.74 Å². The van der Waals surface area contributed by atoms with Crippen LogP contribution < -0.4 is 5.48 Å². The second kappa shape index (κ2) is 8.37. The number of amides is 1. The van der Waals surface area contributed by atoms with Gasteiger partial charge in [-0.05, 0) is 79.1 Å². The molecule has 1 amide bonds. The van der Waals surface area contributed by atoms with Crippen molar-refractivity contribution in [2.45, 2.75) is 93.4 Å². The Kier molecular flexibility index (Phi) is 6.07. The Hall–Kier alpha value is -2.28. The fourth-order valence-corrected chi connectivity index (χ4v) is 10.3. The molecule has 7 heteroatoms. The van der Waals surface area contributed by atoms with Gasteiger partial charge in [-0.1, -0.05) is 60.1 Å². The highest BCUT2D eigenvalue weighted by molar-refractivity contribution is 6.21. The number of allylic oxidation sites excluding steroid dienone is 3. The molecule has 3 saturated carbocycles. The quantitative estimate of drug-likeness (QED) is 0.212. The summed E-state index contributed by atoms with van der Waals surface area (Å²) >= 11 is 0. The minimum atomic E-state index is -0.839. The molecule has 214 valence electrons. The van der Waals surface area contributed by atoms with E-state index in [1.165, 1.54) is 7.11 Å². The number of nitrogens with one attached hydrogen (secondary N) is 1. The number of hydroxylamine groups is 1. The predicted octanol–water partition coefficient (Wildman–Crippen LogP) is 5.36. The van der Waals surface area contributed by atoms with Gasteiger partial charge >= 0.3 is 5.97 Å². The first kappa shape index (κ1) is 28.3. The topological polar surface area (TPSA) is 110 Å². The maximum Gasteiger partial charge on any atom is 0.312 e. The minimum Gasteiger partial charge on any atom is -0.469 e. The van der Waals surface area contributed by atoms with E-state index in [9.17, 15) is 24.4 Å². The summed E-state index contributed by atoms with van der Waals surface area (Å²) < 4.78 is 5.40. The third-order valence-corrected chi connectivity index (χ3v) is 12.7. The molecule has 0 aromatic rings. The molecule has 5 aliphatic rings. The van der Waals surface area contributed by atoms with E-state index in [2.05, 4.69) is 34.6 Å². The average Bonchev–Trinajstić information content (AvgIpc) is 2.86. The largest absolute Gasteiger partial charge is 0.469 e. The van der Waals surface area contributed by atoms with Gasteiger partial charge in [-0.15, -0.1) is 0 Å². The Bertz CT molecular complexity index is 1230. The average molecular weight is 540 g/mol. The van der Waals surface area contributed by atoms with Gasteiger partial charge in [-0.25, -0.2) is 5.48 Å². The first-order chi connectivity index (χ1) is 17.9. The van der Waals surface area contributed by atoms with Crippen LogP contribution in [0.15, 0.2) is 23.3 Å². The number of esters is 1. The summed E-state index contributed by atoms with van der Waals surface area (Å²) in [6.07, 6.45) is 9.06. The number of carbonyl (C=O) groups excluding carboxylic acids is 4. The van der Waals surface area contributed by atoms with Crippen molar-refractivity contribution >= 4 is 23.4 Å². The standard InChI is InChI=1S/C32H45NO6/c1-27(2)11-13-32(26(37)39-8)14-12-31(7)23(19(32)17-27)20(34)15-22-29(5)16-18(25(36)33-38)24(35)28(3,4)21(29)9-10-30(22,31)6/h15-16,19,21,23,38H,9-14,17H2,1-8H3,(H,33,36)/t19?,21-,23?,29-,30+,31+,32-/m0/s1. The molecule has 0 aromatic heterocycles. The lowest BCUT2D eigenvalue weighted by molar-refractivity contribution is -0.191. The molecule has 2 N–H and O–H groups in total. The summed E-state index contributed by atoms with van der Waals surface area (Å²) in [5.41, 5.74) is -0.324. The van der Waals surface area contributed by atoms with E-state index < -0.39 is 27.6 Å². The molecule has 0 aromatic carbocycles. The summed E-state index contributed by atoms with van der Waals surface area (Å²) in [4.78, 5) is 53.9. The van der Waals surface area contributed by atoms with Crippen molar-refractivity contribution in [1.82, 2.24) is 5.48 Å². The maximum absolute atomic E-state index is 14.4. The lowest BCUT2D eigenvalue weighted by Gasteiger charge is -2.68. The highest BCUT2D eigenvalue weighted by atomic mass is 16.5. The zero-order valence-electron chi connectivity index (χ0n) is 24.8. The van der Waals surface area contributed by atoms with Crippen molar-refractivity contribution < 1.29 is 29.1 Å². The molecule has 5 rings (SSSR count). The van der Waals surface area contributed by atoms with Crippen molar-refractivity contribution in [2.24, 2.45) is 50.2 Å². The highest BCUT2D eigenvalue weighted by Crippen LogP contribution is 2.74. The van der Waals surface area contributed by atoms with E-state index in [1.807, 2.05) is 19.9 Å². The fraction of sp³-hybridized carbons (Fsp3) is 0.750. The lowest BCUT2D eigenvalue weighted by Crippen LogP contribution is -2.66. The van der Waals surface area contributed by atoms with E-state index in [0.717, 1.165) is 44.1 Å².